The van der Waals surface area contributed by atoms with Gasteiger partial charge < -0.3 is 5.11 Å². The predicted octanol–water partition coefficient (Wildman–Crippen LogP) is 3.73. The lowest BCUT2D eigenvalue weighted by Gasteiger charge is -2.26. The van der Waals surface area contributed by atoms with Crippen molar-refractivity contribution in [1.82, 2.24) is 24.5 Å². The molecule has 1 aliphatic rings. The van der Waals surface area contributed by atoms with E-state index < -0.39 is 11.9 Å². The number of benzene rings is 1. The van der Waals surface area contributed by atoms with Gasteiger partial charge in [-0.1, -0.05) is 0 Å². The van der Waals surface area contributed by atoms with Crippen LogP contribution in [0.25, 0.3) is 5.69 Å². The summed E-state index contributed by atoms with van der Waals surface area (Å²) in [4.78, 5) is 4.36. The van der Waals surface area contributed by atoms with Crippen LogP contribution in [0.2, 0.25) is 0 Å². The van der Waals surface area contributed by atoms with Crippen molar-refractivity contribution >= 4 is 15.9 Å². The Bertz CT molecular complexity index is 932. The lowest BCUT2D eigenvalue weighted by Crippen LogP contribution is -2.18. The second-order valence-electron chi connectivity index (χ2n) is 6.63. The van der Waals surface area contributed by atoms with Crippen LogP contribution in [0.15, 0.2) is 35.3 Å². The molecule has 0 aliphatic heterocycles. The second-order valence-corrected chi connectivity index (χ2v) is 7.39. The first kappa shape index (κ1) is 17.4. The third-order valence-electron chi connectivity index (χ3n) is 4.86. The predicted molar refractivity (Wildman–Crippen MR) is 97.6 cm³/mol. The Labute approximate surface area is 158 Å². The van der Waals surface area contributed by atoms with Gasteiger partial charge in [-0.15, -0.1) is 0 Å². The molecule has 26 heavy (non-hydrogen) atoms. The molecule has 1 aromatic carbocycles. The zero-order chi connectivity index (χ0) is 18.3. The summed E-state index contributed by atoms with van der Waals surface area (Å²) < 4.78 is 18.2. The molecule has 136 valence electrons. The fraction of sp³-hybridized carbons (Fsp3) is 0.389. The third-order valence-corrected chi connectivity index (χ3v) is 5.73. The molecular weight excluding hydrogens is 401 g/mol. The smallest absolute Gasteiger partial charge is 0.138 e. The molecule has 1 saturated carbocycles. The van der Waals surface area contributed by atoms with Crippen LogP contribution < -0.4 is 0 Å². The first-order valence-electron chi connectivity index (χ1n) is 8.63. The van der Waals surface area contributed by atoms with E-state index in [9.17, 15) is 9.50 Å². The van der Waals surface area contributed by atoms with Gasteiger partial charge in [-0.05, 0) is 60.3 Å². The highest BCUT2D eigenvalue weighted by Gasteiger charge is 2.24. The number of aromatic nitrogens is 5. The number of hydrogen-bond donors (Lipinski definition) is 1. The zero-order valence-corrected chi connectivity index (χ0v) is 15.9. The van der Waals surface area contributed by atoms with Gasteiger partial charge in [0.2, 0.25) is 0 Å². The summed E-state index contributed by atoms with van der Waals surface area (Å²) >= 11 is 3.65. The van der Waals surface area contributed by atoms with Gasteiger partial charge in [0.05, 0.1) is 24.0 Å². The van der Waals surface area contributed by atoms with E-state index in [1.807, 2.05) is 10.9 Å². The summed E-state index contributed by atoms with van der Waals surface area (Å²) in [7, 11) is 0. The summed E-state index contributed by atoms with van der Waals surface area (Å²) in [6, 6.07) is 4.77. The van der Waals surface area contributed by atoms with Gasteiger partial charge in [-0.2, -0.15) is 10.2 Å². The van der Waals surface area contributed by atoms with E-state index in [0.717, 1.165) is 23.0 Å². The van der Waals surface area contributed by atoms with Gasteiger partial charge >= 0.3 is 0 Å². The van der Waals surface area contributed by atoms with Crippen LogP contribution in [-0.2, 0) is 6.42 Å². The van der Waals surface area contributed by atoms with E-state index >= 15 is 0 Å². The minimum atomic E-state index is -0.814. The van der Waals surface area contributed by atoms with E-state index in [1.54, 1.807) is 17.7 Å². The Morgan fingerprint density at radius 3 is 2.85 bits per heavy atom. The number of halogens is 2. The number of rotatable bonds is 5. The van der Waals surface area contributed by atoms with Crippen molar-refractivity contribution in [2.45, 2.75) is 44.8 Å². The SMILES string of the molecule is CC(O)c1cc(F)ccc1-n1ncnc1Cc1cnn(C2CCC2)c1Br. The highest BCUT2D eigenvalue weighted by atomic mass is 79.9. The molecule has 3 aromatic rings. The molecule has 4 rings (SSSR count). The second kappa shape index (κ2) is 6.92. The molecule has 0 spiro atoms. The molecule has 0 radical (unpaired) electrons. The van der Waals surface area contributed by atoms with Crippen molar-refractivity contribution in [2.24, 2.45) is 0 Å². The Balaban J connectivity index is 1.67. The summed E-state index contributed by atoms with van der Waals surface area (Å²) in [5.41, 5.74) is 2.12. The summed E-state index contributed by atoms with van der Waals surface area (Å²) in [5, 5.41) is 18.8. The van der Waals surface area contributed by atoms with E-state index in [2.05, 4.69) is 31.1 Å². The van der Waals surface area contributed by atoms with Crippen LogP contribution in [0.1, 0.15) is 55.3 Å². The summed E-state index contributed by atoms with van der Waals surface area (Å²) in [5.74, 6) is 0.309. The molecule has 8 heteroatoms. The average Bonchev–Trinajstić information content (AvgIpc) is 3.15. The summed E-state index contributed by atoms with van der Waals surface area (Å²) in [6.45, 7) is 1.61. The van der Waals surface area contributed by atoms with Crippen LogP contribution in [0, 0.1) is 5.82 Å². The molecule has 6 nitrogen and oxygen atoms in total. The average molecular weight is 420 g/mol. The topological polar surface area (TPSA) is 68.8 Å². The van der Waals surface area contributed by atoms with Gasteiger partial charge in [0, 0.05) is 17.5 Å². The molecule has 0 bridgehead atoms. The molecule has 1 unspecified atom stereocenters. The van der Waals surface area contributed by atoms with Crippen LogP contribution in [0.3, 0.4) is 0 Å². The van der Waals surface area contributed by atoms with Gasteiger partial charge in [0.25, 0.3) is 0 Å². The maximum absolute atomic E-state index is 13.6. The van der Waals surface area contributed by atoms with Crippen molar-refractivity contribution in [3.63, 3.8) is 0 Å². The monoisotopic (exact) mass is 419 g/mol. The van der Waals surface area contributed by atoms with Crippen molar-refractivity contribution < 1.29 is 9.50 Å². The molecule has 1 aliphatic carbocycles. The van der Waals surface area contributed by atoms with Crippen molar-refractivity contribution in [3.8, 4) is 5.69 Å². The molecule has 1 atom stereocenters. The van der Waals surface area contributed by atoms with Gasteiger partial charge in [-0.3, -0.25) is 4.68 Å². The Morgan fingerprint density at radius 1 is 1.35 bits per heavy atom. The Kier molecular flexibility index (Phi) is 4.62. The molecule has 0 amide bonds. The lowest BCUT2D eigenvalue weighted by atomic mass is 9.93. The van der Waals surface area contributed by atoms with E-state index in [-0.39, 0.29) is 0 Å². The zero-order valence-electron chi connectivity index (χ0n) is 14.3. The highest BCUT2D eigenvalue weighted by molar-refractivity contribution is 9.10. The molecule has 0 saturated heterocycles. The van der Waals surface area contributed by atoms with Gasteiger partial charge in [0.1, 0.15) is 22.6 Å². The minimum absolute atomic E-state index is 0.393. The number of hydrogen-bond acceptors (Lipinski definition) is 4. The third kappa shape index (κ3) is 3.07. The van der Waals surface area contributed by atoms with Crippen LogP contribution >= 0.6 is 15.9 Å². The number of aliphatic hydroxyl groups is 1. The molecular formula is C18H19BrFN5O. The van der Waals surface area contributed by atoms with Crippen LogP contribution in [0.5, 0.6) is 0 Å². The minimum Gasteiger partial charge on any atom is -0.389 e. The van der Waals surface area contributed by atoms with Crippen LogP contribution in [-0.4, -0.2) is 29.7 Å². The maximum atomic E-state index is 13.6. The Morgan fingerprint density at radius 2 is 2.15 bits per heavy atom. The van der Waals surface area contributed by atoms with Gasteiger partial charge in [-0.25, -0.2) is 14.1 Å². The summed E-state index contributed by atoms with van der Waals surface area (Å²) in [6.07, 6.45) is 6.59. The van der Waals surface area contributed by atoms with E-state index in [4.69, 9.17) is 0 Å². The van der Waals surface area contributed by atoms with E-state index in [1.165, 1.54) is 24.9 Å². The molecule has 2 heterocycles. The van der Waals surface area contributed by atoms with E-state index in [0.29, 0.717) is 29.5 Å². The Hall–Kier alpha value is -2.06. The molecule has 2 aromatic heterocycles. The van der Waals surface area contributed by atoms with Crippen LogP contribution in [0.4, 0.5) is 4.39 Å². The molecule has 1 fully saturated rings. The fourth-order valence-corrected chi connectivity index (χ4v) is 3.82. The quantitative estimate of drug-likeness (QED) is 0.683. The number of aliphatic hydroxyl groups excluding tert-OH is 1. The lowest BCUT2D eigenvalue weighted by molar-refractivity contribution is 0.198. The number of nitrogens with zero attached hydrogens (tertiary/aromatic N) is 5. The van der Waals surface area contributed by atoms with Crippen molar-refractivity contribution in [1.29, 1.82) is 0 Å². The first-order chi connectivity index (χ1) is 12.5. The highest BCUT2D eigenvalue weighted by Crippen LogP contribution is 2.35. The van der Waals surface area contributed by atoms with Crippen molar-refractivity contribution in [3.05, 3.63) is 58.1 Å². The first-order valence-corrected chi connectivity index (χ1v) is 9.42. The van der Waals surface area contributed by atoms with Gasteiger partial charge in [0.15, 0.2) is 0 Å². The maximum Gasteiger partial charge on any atom is 0.138 e. The standard InChI is InChI=1S/C18H19BrFN5O/c1-11(26)15-8-13(20)5-6-16(15)25-17(21-10-23-25)7-12-9-22-24(18(12)19)14-3-2-4-14/h5-6,8-11,14,26H,2-4,7H2,1H3. The normalized spacial score (nSPS) is 15.8. The molecule has 1 N–H and O–H groups in total. The fourth-order valence-electron chi connectivity index (χ4n) is 3.20. The largest absolute Gasteiger partial charge is 0.389 e. The van der Waals surface area contributed by atoms with Crippen molar-refractivity contribution in [2.75, 3.05) is 0 Å².